The van der Waals surface area contributed by atoms with Crippen molar-refractivity contribution in [2.45, 2.75) is 31.6 Å². The van der Waals surface area contributed by atoms with Crippen molar-refractivity contribution in [2.75, 3.05) is 6.54 Å². The fourth-order valence-corrected chi connectivity index (χ4v) is 3.12. The Morgan fingerprint density at radius 2 is 1.85 bits per heavy atom. The number of hydrogen-bond acceptors (Lipinski definition) is 3. The summed E-state index contributed by atoms with van der Waals surface area (Å²) < 4.78 is 1.95. The lowest BCUT2D eigenvalue weighted by Gasteiger charge is -2.26. The Hall–Kier alpha value is -1.68. The highest BCUT2D eigenvalue weighted by molar-refractivity contribution is 5.54. The maximum atomic E-state index is 5.76. The summed E-state index contributed by atoms with van der Waals surface area (Å²) in [5.41, 5.74) is 6.85. The smallest absolute Gasteiger partial charge is 0.181 e. The molecule has 0 radical (unpaired) electrons. The van der Waals surface area contributed by atoms with Gasteiger partial charge in [0, 0.05) is 18.5 Å². The van der Waals surface area contributed by atoms with Crippen molar-refractivity contribution >= 4 is 0 Å². The van der Waals surface area contributed by atoms with E-state index >= 15 is 0 Å². The third-order valence-corrected chi connectivity index (χ3v) is 4.37. The van der Waals surface area contributed by atoms with Crippen molar-refractivity contribution in [2.24, 2.45) is 18.7 Å². The molecule has 0 unspecified atom stereocenters. The van der Waals surface area contributed by atoms with Crippen LogP contribution >= 0.6 is 0 Å². The number of rotatable bonds is 3. The van der Waals surface area contributed by atoms with Crippen LogP contribution in [-0.2, 0) is 7.05 Å². The summed E-state index contributed by atoms with van der Waals surface area (Å²) in [5, 5.41) is 4.58. The molecule has 3 rings (SSSR count). The van der Waals surface area contributed by atoms with Gasteiger partial charge in [-0.25, -0.2) is 4.98 Å². The molecular weight excluding hydrogens is 248 g/mol. The largest absolute Gasteiger partial charge is 0.330 e. The first kappa shape index (κ1) is 13.3. The van der Waals surface area contributed by atoms with Crippen LogP contribution in [0.1, 0.15) is 37.4 Å². The van der Waals surface area contributed by atoms with Crippen LogP contribution in [0.5, 0.6) is 0 Å². The van der Waals surface area contributed by atoms with E-state index < -0.39 is 0 Å². The highest BCUT2D eigenvalue weighted by atomic mass is 15.3. The van der Waals surface area contributed by atoms with Gasteiger partial charge in [-0.1, -0.05) is 30.3 Å². The molecule has 1 aromatic heterocycles. The highest BCUT2D eigenvalue weighted by Gasteiger charge is 2.25. The van der Waals surface area contributed by atoms with Gasteiger partial charge in [0.05, 0.1) is 0 Å². The van der Waals surface area contributed by atoms with Gasteiger partial charge in [0.1, 0.15) is 5.82 Å². The molecule has 1 aliphatic carbocycles. The monoisotopic (exact) mass is 270 g/mol. The molecule has 0 amide bonds. The Kier molecular flexibility index (Phi) is 3.83. The molecule has 1 fully saturated rings. The normalized spacial score (nSPS) is 22.9. The molecule has 4 nitrogen and oxygen atoms in total. The molecule has 0 saturated heterocycles. The van der Waals surface area contributed by atoms with E-state index in [1.807, 2.05) is 29.9 Å². The summed E-state index contributed by atoms with van der Waals surface area (Å²) in [4.78, 5) is 4.78. The first-order valence-corrected chi connectivity index (χ1v) is 7.44. The average molecular weight is 270 g/mol. The summed E-state index contributed by atoms with van der Waals surface area (Å²) in [7, 11) is 2.00. The van der Waals surface area contributed by atoms with Crippen molar-refractivity contribution in [1.82, 2.24) is 14.8 Å². The molecule has 2 aromatic rings. The molecule has 0 spiro atoms. The predicted molar refractivity (Wildman–Crippen MR) is 80.2 cm³/mol. The van der Waals surface area contributed by atoms with Gasteiger partial charge in [-0.3, -0.25) is 4.68 Å². The topological polar surface area (TPSA) is 56.7 Å². The Bertz CT molecular complexity index is 553. The fourth-order valence-electron chi connectivity index (χ4n) is 3.12. The minimum absolute atomic E-state index is 0.535. The predicted octanol–water partition coefficient (Wildman–Crippen LogP) is 2.71. The second kappa shape index (κ2) is 5.75. The minimum Gasteiger partial charge on any atom is -0.330 e. The van der Waals surface area contributed by atoms with Gasteiger partial charge in [0.15, 0.2) is 5.82 Å². The molecule has 20 heavy (non-hydrogen) atoms. The Labute approximate surface area is 120 Å². The van der Waals surface area contributed by atoms with E-state index in [1.54, 1.807) is 0 Å². The average Bonchev–Trinajstić information content (AvgIpc) is 2.90. The quantitative estimate of drug-likeness (QED) is 0.933. The highest BCUT2D eigenvalue weighted by Crippen LogP contribution is 2.34. The van der Waals surface area contributed by atoms with Crippen molar-refractivity contribution in [1.29, 1.82) is 0 Å². The van der Waals surface area contributed by atoms with Crippen LogP contribution in [0.25, 0.3) is 11.4 Å². The second-order valence-corrected chi connectivity index (χ2v) is 5.74. The van der Waals surface area contributed by atoms with Gasteiger partial charge < -0.3 is 5.73 Å². The van der Waals surface area contributed by atoms with Gasteiger partial charge in [0.2, 0.25) is 0 Å². The number of aromatic nitrogens is 3. The molecule has 2 N–H and O–H groups in total. The van der Waals surface area contributed by atoms with Crippen molar-refractivity contribution in [3.05, 3.63) is 36.2 Å². The standard InChI is InChI=1S/C16H22N4/c1-20-16(14-9-7-12(11-17)8-10-14)18-15(19-20)13-5-3-2-4-6-13/h2-6,12,14H,7-11,17H2,1H3. The van der Waals surface area contributed by atoms with E-state index in [9.17, 15) is 0 Å². The molecule has 0 atom stereocenters. The minimum atomic E-state index is 0.535. The van der Waals surface area contributed by atoms with Crippen LogP contribution in [0.3, 0.4) is 0 Å². The van der Waals surface area contributed by atoms with Gasteiger partial charge in [-0.2, -0.15) is 5.10 Å². The zero-order chi connectivity index (χ0) is 13.9. The van der Waals surface area contributed by atoms with E-state index in [0.29, 0.717) is 11.8 Å². The lowest BCUT2D eigenvalue weighted by atomic mass is 9.81. The molecule has 0 aliphatic heterocycles. The number of nitrogens with zero attached hydrogens (tertiary/aromatic N) is 3. The summed E-state index contributed by atoms with van der Waals surface area (Å²) in [5.74, 6) is 3.20. The molecule has 4 heteroatoms. The van der Waals surface area contributed by atoms with E-state index in [2.05, 4.69) is 17.2 Å². The van der Waals surface area contributed by atoms with Crippen molar-refractivity contribution < 1.29 is 0 Å². The summed E-state index contributed by atoms with van der Waals surface area (Å²) in [6, 6.07) is 10.2. The van der Waals surface area contributed by atoms with Crippen LogP contribution in [-0.4, -0.2) is 21.3 Å². The molecule has 1 aliphatic rings. The first-order valence-electron chi connectivity index (χ1n) is 7.44. The molecule has 106 valence electrons. The SMILES string of the molecule is Cn1nc(-c2ccccc2)nc1C1CCC(CN)CC1. The summed E-state index contributed by atoms with van der Waals surface area (Å²) in [6.07, 6.45) is 4.80. The fraction of sp³-hybridized carbons (Fsp3) is 0.500. The molecule has 1 heterocycles. The van der Waals surface area contributed by atoms with Crippen LogP contribution in [0, 0.1) is 5.92 Å². The van der Waals surface area contributed by atoms with Crippen LogP contribution in [0.4, 0.5) is 0 Å². The lowest BCUT2D eigenvalue weighted by molar-refractivity contribution is 0.320. The maximum Gasteiger partial charge on any atom is 0.181 e. The molecule has 1 aromatic carbocycles. The van der Waals surface area contributed by atoms with Crippen LogP contribution < -0.4 is 5.73 Å². The van der Waals surface area contributed by atoms with Gasteiger partial charge in [0.25, 0.3) is 0 Å². The first-order chi connectivity index (χ1) is 9.78. The Balaban J connectivity index is 1.80. The number of hydrogen-bond donors (Lipinski definition) is 1. The third-order valence-electron chi connectivity index (χ3n) is 4.37. The van der Waals surface area contributed by atoms with E-state index in [4.69, 9.17) is 10.7 Å². The zero-order valence-corrected chi connectivity index (χ0v) is 12.0. The maximum absolute atomic E-state index is 5.76. The molecular formula is C16H22N4. The van der Waals surface area contributed by atoms with Gasteiger partial charge in [-0.05, 0) is 38.1 Å². The summed E-state index contributed by atoms with van der Waals surface area (Å²) >= 11 is 0. The van der Waals surface area contributed by atoms with Crippen LogP contribution in [0.2, 0.25) is 0 Å². The third kappa shape index (κ3) is 2.61. The Morgan fingerprint density at radius 3 is 2.50 bits per heavy atom. The van der Waals surface area contributed by atoms with Gasteiger partial charge in [-0.15, -0.1) is 0 Å². The van der Waals surface area contributed by atoms with Crippen LogP contribution in [0.15, 0.2) is 30.3 Å². The van der Waals surface area contributed by atoms with Crippen molar-refractivity contribution in [3.63, 3.8) is 0 Å². The van der Waals surface area contributed by atoms with E-state index in [1.165, 1.54) is 25.7 Å². The lowest BCUT2D eigenvalue weighted by Crippen LogP contribution is -2.22. The number of benzene rings is 1. The van der Waals surface area contributed by atoms with Crippen molar-refractivity contribution in [3.8, 4) is 11.4 Å². The number of nitrogens with two attached hydrogens (primary N) is 1. The molecule has 0 bridgehead atoms. The van der Waals surface area contributed by atoms with Gasteiger partial charge >= 0.3 is 0 Å². The molecule has 1 saturated carbocycles. The van der Waals surface area contributed by atoms with E-state index in [0.717, 1.165) is 23.8 Å². The zero-order valence-electron chi connectivity index (χ0n) is 12.0. The second-order valence-electron chi connectivity index (χ2n) is 5.74. The number of aryl methyl sites for hydroxylation is 1. The van der Waals surface area contributed by atoms with E-state index in [-0.39, 0.29) is 0 Å². The summed E-state index contributed by atoms with van der Waals surface area (Å²) in [6.45, 7) is 0.820. The Morgan fingerprint density at radius 1 is 1.15 bits per heavy atom.